The molecule has 0 aromatic carbocycles. The number of piperidine rings is 1. The SMILES string of the molecule is CC(C)N1CCOC2CN(C(=O)c3ccnc(C(F)(F)F)c3)CCC2C1. The van der Waals surface area contributed by atoms with Gasteiger partial charge in [0.1, 0.15) is 5.69 Å². The molecular weight excluding hydrogens is 347 g/mol. The van der Waals surface area contributed by atoms with Crippen molar-refractivity contribution in [2.45, 2.75) is 38.6 Å². The summed E-state index contributed by atoms with van der Waals surface area (Å²) in [4.78, 5) is 20.0. The Morgan fingerprint density at radius 3 is 2.77 bits per heavy atom. The van der Waals surface area contributed by atoms with Crippen LogP contribution >= 0.6 is 0 Å². The van der Waals surface area contributed by atoms with E-state index in [1.165, 1.54) is 6.07 Å². The maximum Gasteiger partial charge on any atom is 0.433 e. The second-order valence-electron chi connectivity index (χ2n) is 7.23. The van der Waals surface area contributed by atoms with Crippen molar-refractivity contribution >= 4 is 5.91 Å². The standard InChI is InChI=1S/C18H24F3N3O2/c1-12(2)23-7-8-26-15-11-24(6-4-14(15)10-23)17(25)13-3-5-22-16(9-13)18(19,20)21/h3,5,9,12,14-15H,4,6-8,10-11H2,1-2H3. The molecular formula is C18H24F3N3O2. The summed E-state index contributed by atoms with van der Waals surface area (Å²) in [6.45, 7) is 7.64. The van der Waals surface area contributed by atoms with Crippen molar-refractivity contribution in [2.75, 3.05) is 32.8 Å². The summed E-state index contributed by atoms with van der Waals surface area (Å²) in [5.74, 6) is -0.0583. The highest BCUT2D eigenvalue weighted by Gasteiger charge is 2.37. The van der Waals surface area contributed by atoms with Gasteiger partial charge < -0.3 is 9.64 Å². The van der Waals surface area contributed by atoms with Gasteiger partial charge in [-0.15, -0.1) is 0 Å². The molecule has 3 rings (SSSR count). The predicted molar refractivity (Wildman–Crippen MR) is 89.7 cm³/mol. The van der Waals surface area contributed by atoms with E-state index in [0.29, 0.717) is 31.7 Å². The molecule has 2 saturated heterocycles. The lowest BCUT2D eigenvalue weighted by Gasteiger charge is -2.38. The number of carbonyl (C=O) groups is 1. The molecule has 5 nitrogen and oxygen atoms in total. The van der Waals surface area contributed by atoms with Crippen LogP contribution in [0, 0.1) is 5.92 Å². The summed E-state index contributed by atoms with van der Waals surface area (Å²) in [7, 11) is 0. The molecule has 0 aliphatic carbocycles. The molecule has 2 fully saturated rings. The molecule has 0 radical (unpaired) electrons. The summed E-state index contributed by atoms with van der Waals surface area (Å²) in [6, 6.07) is 2.59. The number of aromatic nitrogens is 1. The number of hydrogen-bond donors (Lipinski definition) is 0. The van der Waals surface area contributed by atoms with Crippen LogP contribution in [0.15, 0.2) is 18.3 Å². The third-order valence-corrected chi connectivity index (χ3v) is 5.19. The van der Waals surface area contributed by atoms with E-state index >= 15 is 0 Å². The zero-order chi connectivity index (χ0) is 18.9. The number of likely N-dealkylation sites (tertiary alicyclic amines) is 1. The molecule has 2 aliphatic heterocycles. The molecule has 1 amide bonds. The third kappa shape index (κ3) is 4.17. The molecule has 0 saturated carbocycles. The van der Waals surface area contributed by atoms with Crippen LogP contribution in [0.4, 0.5) is 13.2 Å². The van der Waals surface area contributed by atoms with E-state index in [0.717, 1.165) is 31.8 Å². The Morgan fingerprint density at radius 2 is 2.08 bits per heavy atom. The fourth-order valence-corrected chi connectivity index (χ4v) is 3.63. The average molecular weight is 371 g/mol. The Morgan fingerprint density at radius 1 is 1.31 bits per heavy atom. The molecule has 0 N–H and O–H groups in total. The largest absolute Gasteiger partial charge is 0.433 e. The lowest BCUT2D eigenvalue weighted by molar-refractivity contribution is -0.141. The Kier molecular flexibility index (Phi) is 5.53. The molecule has 26 heavy (non-hydrogen) atoms. The maximum absolute atomic E-state index is 12.8. The number of halogens is 3. The highest BCUT2D eigenvalue weighted by Crippen LogP contribution is 2.29. The van der Waals surface area contributed by atoms with E-state index in [4.69, 9.17) is 4.74 Å². The van der Waals surface area contributed by atoms with Gasteiger partial charge in [0.05, 0.1) is 12.7 Å². The Labute approximate surface area is 151 Å². The zero-order valence-corrected chi connectivity index (χ0v) is 15.0. The third-order valence-electron chi connectivity index (χ3n) is 5.19. The molecule has 1 aromatic rings. The number of nitrogens with zero attached hydrogens (tertiary/aromatic N) is 3. The lowest BCUT2D eigenvalue weighted by Crippen LogP contribution is -2.49. The molecule has 1 aromatic heterocycles. The molecule has 3 heterocycles. The van der Waals surface area contributed by atoms with Gasteiger partial charge in [0.15, 0.2) is 0 Å². The monoisotopic (exact) mass is 371 g/mol. The molecule has 144 valence electrons. The molecule has 2 aliphatic rings. The highest BCUT2D eigenvalue weighted by molar-refractivity contribution is 5.94. The number of alkyl halides is 3. The minimum absolute atomic E-state index is 0.0169. The number of fused-ring (bicyclic) bond motifs is 1. The van der Waals surface area contributed by atoms with Crippen LogP contribution in [0.3, 0.4) is 0 Å². The summed E-state index contributed by atoms with van der Waals surface area (Å²) in [5.41, 5.74) is -1.03. The summed E-state index contributed by atoms with van der Waals surface area (Å²) in [6.07, 6.45) is -2.81. The summed E-state index contributed by atoms with van der Waals surface area (Å²) in [5, 5.41) is 0. The van der Waals surface area contributed by atoms with Gasteiger partial charge >= 0.3 is 6.18 Å². The molecule has 2 atom stereocenters. The second-order valence-corrected chi connectivity index (χ2v) is 7.23. The normalized spacial score (nSPS) is 25.1. The first kappa shape index (κ1) is 19.1. The predicted octanol–water partition coefficient (Wildman–Crippen LogP) is 2.67. The average Bonchev–Trinajstić information content (AvgIpc) is 2.82. The van der Waals surface area contributed by atoms with Crippen LogP contribution in [0.2, 0.25) is 0 Å². The fraction of sp³-hybridized carbons (Fsp3) is 0.667. The van der Waals surface area contributed by atoms with Crippen LogP contribution in [-0.4, -0.2) is 65.6 Å². The fourth-order valence-electron chi connectivity index (χ4n) is 3.63. The number of carbonyl (C=O) groups excluding carboxylic acids is 1. The van der Waals surface area contributed by atoms with Gasteiger partial charge in [0.25, 0.3) is 5.91 Å². The van der Waals surface area contributed by atoms with Gasteiger partial charge in [-0.05, 0) is 32.4 Å². The first-order valence-corrected chi connectivity index (χ1v) is 8.94. The minimum Gasteiger partial charge on any atom is -0.375 e. The molecule has 0 bridgehead atoms. The van der Waals surface area contributed by atoms with Crippen molar-refractivity contribution in [3.8, 4) is 0 Å². The van der Waals surface area contributed by atoms with Crippen LogP contribution in [0.1, 0.15) is 36.3 Å². The van der Waals surface area contributed by atoms with E-state index in [9.17, 15) is 18.0 Å². The number of ether oxygens (including phenoxy) is 1. The van der Waals surface area contributed by atoms with Crippen LogP contribution in [0.5, 0.6) is 0 Å². The number of pyridine rings is 1. The highest BCUT2D eigenvalue weighted by atomic mass is 19.4. The Balaban J connectivity index is 1.70. The van der Waals surface area contributed by atoms with E-state index in [1.807, 2.05) is 0 Å². The Hall–Kier alpha value is -1.67. The molecule has 8 heteroatoms. The van der Waals surface area contributed by atoms with E-state index in [1.54, 1.807) is 4.90 Å². The zero-order valence-electron chi connectivity index (χ0n) is 15.0. The topological polar surface area (TPSA) is 45.7 Å². The lowest BCUT2D eigenvalue weighted by atomic mass is 9.92. The van der Waals surface area contributed by atoms with Gasteiger partial charge in [0, 0.05) is 49.9 Å². The minimum atomic E-state index is -4.56. The van der Waals surface area contributed by atoms with Crippen molar-refractivity contribution in [3.63, 3.8) is 0 Å². The van der Waals surface area contributed by atoms with Crippen molar-refractivity contribution < 1.29 is 22.7 Å². The van der Waals surface area contributed by atoms with Crippen molar-refractivity contribution in [1.82, 2.24) is 14.8 Å². The van der Waals surface area contributed by atoms with E-state index in [-0.39, 0.29) is 11.7 Å². The van der Waals surface area contributed by atoms with E-state index in [2.05, 4.69) is 23.7 Å². The van der Waals surface area contributed by atoms with Gasteiger partial charge in [-0.1, -0.05) is 0 Å². The number of rotatable bonds is 2. The van der Waals surface area contributed by atoms with Gasteiger partial charge in [0.2, 0.25) is 0 Å². The first-order chi connectivity index (χ1) is 12.3. The van der Waals surface area contributed by atoms with Crippen molar-refractivity contribution in [3.05, 3.63) is 29.6 Å². The smallest absolute Gasteiger partial charge is 0.375 e. The van der Waals surface area contributed by atoms with Crippen molar-refractivity contribution in [1.29, 1.82) is 0 Å². The quantitative estimate of drug-likeness (QED) is 0.802. The summed E-state index contributed by atoms with van der Waals surface area (Å²) >= 11 is 0. The molecule has 2 unspecified atom stereocenters. The first-order valence-electron chi connectivity index (χ1n) is 8.94. The van der Waals surface area contributed by atoms with Crippen molar-refractivity contribution in [2.24, 2.45) is 5.92 Å². The number of hydrogen-bond acceptors (Lipinski definition) is 4. The van der Waals surface area contributed by atoms with Crippen LogP contribution < -0.4 is 0 Å². The summed E-state index contributed by atoms with van der Waals surface area (Å²) < 4.78 is 44.4. The molecule has 0 spiro atoms. The van der Waals surface area contributed by atoms with Gasteiger partial charge in [-0.2, -0.15) is 13.2 Å². The second kappa shape index (κ2) is 7.52. The maximum atomic E-state index is 12.8. The van der Waals surface area contributed by atoms with Crippen LogP contribution in [0.25, 0.3) is 0 Å². The Bertz CT molecular complexity index is 651. The van der Waals surface area contributed by atoms with Crippen LogP contribution in [-0.2, 0) is 10.9 Å². The number of amides is 1. The van der Waals surface area contributed by atoms with Gasteiger partial charge in [-0.3, -0.25) is 14.7 Å². The van der Waals surface area contributed by atoms with Gasteiger partial charge in [-0.25, -0.2) is 0 Å². The van der Waals surface area contributed by atoms with E-state index < -0.39 is 17.8 Å².